The van der Waals surface area contributed by atoms with Crippen LogP contribution in [0.3, 0.4) is 0 Å². The molecule has 21 heavy (non-hydrogen) atoms. The van der Waals surface area contributed by atoms with Crippen LogP contribution in [0.4, 0.5) is 0 Å². The van der Waals surface area contributed by atoms with E-state index in [9.17, 15) is 9.59 Å². The van der Waals surface area contributed by atoms with Gasteiger partial charge in [0.25, 0.3) is 5.91 Å². The smallest absolute Gasteiger partial charge is 0.253 e. The predicted octanol–water partition coefficient (Wildman–Crippen LogP) is 2.01. The molecule has 1 atom stereocenters. The second kappa shape index (κ2) is 6.83. The second-order valence-corrected chi connectivity index (χ2v) is 4.99. The molecular weight excluding hydrogens is 266 g/mol. The number of carbonyl (C=O) groups excluding carboxylic acids is 2. The molecule has 2 rings (SSSR count). The Hall–Kier alpha value is -2.43. The first kappa shape index (κ1) is 15.0. The molecule has 0 spiro atoms. The normalized spacial score (nSPS) is 12.0. The molecule has 0 radical (unpaired) electrons. The Bertz CT molecular complexity index is 655. The number of amides is 2. The highest BCUT2D eigenvalue weighted by molar-refractivity contribution is 5.99. The van der Waals surface area contributed by atoms with E-state index in [0.717, 1.165) is 23.7 Å². The van der Waals surface area contributed by atoms with Crippen molar-refractivity contribution in [3.63, 3.8) is 0 Å². The first-order valence-corrected chi connectivity index (χ1v) is 7.06. The van der Waals surface area contributed by atoms with Gasteiger partial charge in [0.15, 0.2) is 0 Å². The van der Waals surface area contributed by atoms with Crippen molar-refractivity contribution in [3.8, 4) is 0 Å². The van der Waals surface area contributed by atoms with E-state index in [1.165, 1.54) is 6.20 Å². The zero-order valence-electron chi connectivity index (χ0n) is 12.0. The van der Waals surface area contributed by atoms with Crippen LogP contribution < -0.4 is 11.1 Å². The summed E-state index contributed by atoms with van der Waals surface area (Å²) in [5, 5.41) is 3.56. The minimum Gasteiger partial charge on any atom is -0.368 e. The Balaban J connectivity index is 2.15. The lowest BCUT2D eigenvalue weighted by Gasteiger charge is -2.15. The number of para-hydroxylation sites is 1. The number of hydrogen-bond acceptors (Lipinski definition) is 3. The van der Waals surface area contributed by atoms with Gasteiger partial charge in [0.05, 0.1) is 11.1 Å². The van der Waals surface area contributed by atoms with E-state index in [-0.39, 0.29) is 5.91 Å². The fraction of sp³-hybridized carbons (Fsp3) is 0.312. The lowest BCUT2D eigenvalue weighted by atomic mass is 10.1. The van der Waals surface area contributed by atoms with Gasteiger partial charge in [0.1, 0.15) is 6.04 Å². The number of benzene rings is 1. The van der Waals surface area contributed by atoms with Gasteiger partial charge in [0.2, 0.25) is 5.91 Å². The second-order valence-electron chi connectivity index (χ2n) is 4.99. The van der Waals surface area contributed by atoms with Crippen LogP contribution in [-0.4, -0.2) is 22.8 Å². The number of primary amides is 1. The van der Waals surface area contributed by atoms with Crippen molar-refractivity contribution in [2.24, 2.45) is 5.73 Å². The molecule has 1 aromatic carbocycles. The zero-order valence-corrected chi connectivity index (χ0v) is 12.0. The molecule has 3 N–H and O–H groups in total. The Morgan fingerprint density at radius 2 is 2.10 bits per heavy atom. The van der Waals surface area contributed by atoms with Gasteiger partial charge >= 0.3 is 0 Å². The van der Waals surface area contributed by atoms with Gasteiger partial charge < -0.3 is 11.1 Å². The van der Waals surface area contributed by atoms with E-state index in [2.05, 4.69) is 10.3 Å². The van der Waals surface area contributed by atoms with Crippen LogP contribution in [0.1, 0.15) is 36.5 Å². The highest BCUT2D eigenvalue weighted by Gasteiger charge is 2.18. The van der Waals surface area contributed by atoms with Crippen molar-refractivity contribution in [1.29, 1.82) is 0 Å². The summed E-state index contributed by atoms with van der Waals surface area (Å²) < 4.78 is 0. The Kier molecular flexibility index (Phi) is 4.87. The summed E-state index contributed by atoms with van der Waals surface area (Å²) in [6, 6.07) is 8.67. The molecule has 0 unspecified atom stereocenters. The summed E-state index contributed by atoms with van der Waals surface area (Å²) in [6.45, 7) is 2.02. The average Bonchev–Trinajstić information content (AvgIpc) is 2.50. The maximum atomic E-state index is 12.2. The standard InChI is InChI=1S/C16H19N3O2/c1-2-3-7-14(15(17)20)19-16(21)12-9-11-6-4-5-8-13(11)18-10-12/h4-6,8-10,14H,2-3,7H2,1H3,(H2,17,20)(H,19,21)/t14-/m1/s1. The Morgan fingerprint density at radius 3 is 2.81 bits per heavy atom. The largest absolute Gasteiger partial charge is 0.368 e. The van der Waals surface area contributed by atoms with Crippen molar-refractivity contribution in [2.45, 2.75) is 32.2 Å². The van der Waals surface area contributed by atoms with Gasteiger partial charge in [-0.1, -0.05) is 38.0 Å². The molecule has 0 saturated heterocycles. The number of hydrogen-bond donors (Lipinski definition) is 2. The number of pyridine rings is 1. The van der Waals surface area contributed by atoms with Crippen LogP contribution in [0, 0.1) is 0 Å². The van der Waals surface area contributed by atoms with Crippen molar-refractivity contribution >= 4 is 22.7 Å². The minimum atomic E-state index is -0.635. The van der Waals surface area contributed by atoms with E-state index in [1.54, 1.807) is 6.07 Å². The maximum Gasteiger partial charge on any atom is 0.253 e. The lowest BCUT2D eigenvalue weighted by Crippen LogP contribution is -2.44. The molecule has 1 heterocycles. The molecular formula is C16H19N3O2. The third-order valence-electron chi connectivity index (χ3n) is 3.35. The molecule has 2 amide bonds. The van der Waals surface area contributed by atoms with Gasteiger partial charge in [0, 0.05) is 11.6 Å². The third kappa shape index (κ3) is 3.78. The molecule has 5 nitrogen and oxygen atoms in total. The van der Waals surface area contributed by atoms with Crippen LogP contribution in [0.15, 0.2) is 36.5 Å². The quantitative estimate of drug-likeness (QED) is 0.851. The van der Waals surface area contributed by atoms with E-state index in [0.29, 0.717) is 12.0 Å². The van der Waals surface area contributed by atoms with Gasteiger partial charge in [-0.2, -0.15) is 0 Å². The number of fused-ring (bicyclic) bond motifs is 1. The molecule has 5 heteroatoms. The van der Waals surface area contributed by atoms with E-state index < -0.39 is 11.9 Å². The number of nitrogens with zero attached hydrogens (tertiary/aromatic N) is 1. The van der Waals surface area contributed by atoms with Gasteiger partial charge in [-0.3, -0.25) is 14.6 Å². The number of unbranched alkanes of at least 4 members (excludes halogenated alkanes) is 1. The van der Waals surface area contributed by atoms with E-state index in [1.807, 2.05) is 31.2 Å². The summed E-state index contributed by atoms with van der Waals surface area (Å²) in [4.78, 5) is 27.8. The molecule has 0 fully saturated rings. The highest BCUT2D eigenvalue weighted by Crippen LogP contribution is 2.13. The van der Waals surface area contributed by atoms with E-state index >= 15 is 0 Å². The molecule has 0 aliphatic carbocycles. The molecule has 0 aliphatic rings. The van der Waals surface area contributed by atoms with Gasteiger partial charge in [-0.15, -0.1) is 0 Å². The molecule has 0 aliphatic heterocycles. The first-order valence-electron chi connectivity index (χ1n) is 7.06. The van der Waals surface area contributed by atoms with Crippen molar-refractivity contribution in [3.05, 3.63) is 42.1 Å². The number of aromatic nitrogens is 1. The van der Waals surface area contributed by atoms with Gasteiger partial charge in [-0.25, -0.2) is 0 Å². The number of carbonyl (C=O) groups is 2. The zero-order chi connectivity index (χ0) is 15.2. The Labute approximate surface area is 123 Å². The fourth-order valence-corrected chi connectivity index (χ4v) is 2.13. The molecule has 0 bridgehead atoms. The monoisotopic (exact) mass is 285 g/mol. The van der Waals surface area contributed by atoms with Crippen molar-refractivity contribution < 1.29 is 9.59 Å². The summed E-state index contributed by atoms with van der Waals surface area (Å²) in [5.74, 6) is -0.835. The van der Waals surface area contributed by atoms with Crippen LogP contribution in [0.2, 0.25) is 0 Å². The van der Waals surface area contributed by atoms with Crippen LogP contribution in [-0.2, 0) is 4.79 Å². The molecule has 1 aromatic heterocycles. The topological polar surface area (TPSA) is 85.1 Å². The summed E-state index contributed by atoms with van der Waals surface area (Å²) in [5.41, 5.74) is 6.58. The van der Waals surface area contributed by atoms with Gasteiger partial charge in [-0.05, 0) is 18.6 Å². The lowest BCUT2D eigenvalue weighted by molar-refractivity contribution is -0.120. The molecule has 2 aromatic rings. The summed E-state index contributed by atoms with van der Waals surface area (Å²) >= 11 is 0. The van der Waals surface area contributed by atoms with Crippen molar-refractivity contribution in [1.82, 2.24) is 10.3 Å². The van der Waals surface area contributed by atoms with E-state index in [4.69, 9.17) is 5.73 Å². The maximum absolute atomic E-state index is 12.2. The highest BCUT2D eigenvalue weighted by atomic mass is 16.2. The summed E-state index contributed by atoms with van der Waals surface area (Å²) in [6.07, 6.45) is 3.84. The number of nitrogens with two attached hydrogens (primary N) is 1. The average molecular weight is 285 g/mol. The molecule has 0 saturated carbocycles. The fourth-order valence-electron chi connectivity index (χ4n) is 2.13. The number of rotatable bonds is 6. The van der Waals surface area contributed by atoms with Crippen LogP contribution in [0.25, 0.3) is 10.9 Å². The first-order chi connectivity index (χ1) is 10.1. The number of nitrogens with one attached hydrogen (secondary N) is 1. The summed E-state index contributed by atoms with van der Waals surface area (Å²) in [7, 11) is 0. The van der Waals surface area contributed by atoms with Crippen molar-refractivity contribution in [2.75, 3.05) is 0 Å². The minimum absolute atomic E-state index is 0.326. The third-order valence-corrected chi connectivity index (χ3v) is 3.35. The Morgan fingerprint density at radius 1 is 1.33 bits per heavy atom. The SMILES string of the molecule is CCCC[C@@H](NC(=O)c1cnc2ccccc2c1)C(N)=O. The molecule has 110 valence electrons. The van der Waals surface area contributed by atoms with Crippen LogP contribution >= 0.6 is 0 Å². The van der Waals surface area contributed by atoms with Crippen LogP contribution in [0.5, 0.6) is 0 Å². The predicted molar refractivity (Wildman–Crippen MR) is 81.7 cm³/mol.